The molecule has 2 aromatic rings. The van der Waals surface area contributed by atoms with Gasteiger partial charge in [-0.3, -0.25) is 4.79 Å². The molecule has 0 bridgehead atoms. The molecule has 0 spiro atoms. The number of benzene rings is 2. The average Bonchev–Trinajstić information content (AvgIpc) is 2.83. The molecule has 2 aromatic carbocycles. The van der Waals surface area contributed by atoms with E-state index in [1.54, 1.807) is 0 Å². The molecule has 108 valence electrons. The SMILES string of the molecule is C[C@@H]1Cc2ccccc2N1C(=O)CN(C)c1ccccc1. The zero-order chi connectivity index (χ0) is 14.8. The highest BCUT2D eigenvalue weighted by Crippen LogP contribution is 2.31. The molecule has 0 aliphatic carbocycles. The summed E-state index contributed by atoms with van der Waals surface area (Å²) in [5.41, 5.74) is 3.39. The van der Waals surface area contributed by atoms with Gasteiger partial charge in [-0.2, -0.15) is 0 Å². The smallest absolute Gasteiger partial charge is 0.246 e. The fourth-order valence-electron chi connectivity index (χ4n) is 3.00. The molecule has 1 heterocycles. The molecule has 0 radical (unpaired) electrons. The van der Waals surface area contributed by atoms with Gasteiger partial charge in [0.25, 0.3) is 0 Å². The minimum atomic E-state index is 0.152. The number of amides is 1. The molecule has 0 aromatic heterocycles. The lowest BCUT2D eigenvalue weighted by Crippen LogP contribution is -2.42. The highest BCUT2D eigenvalue weighted by atomic mass is 16.2. The maximum atomic E-state index is 12.7. The summed E-state index contributed by atoms with van der Waals surface area (Å²) in [6.07, 6.45) is 0.941. The fraction of sp³-hybridized carbons (Fsp3) is 0.278. The summed E-state index contributed by atoms with van der Waals surface area (Å²) in [5.74, 6) is 0.152. The molecule has 0 saturated heterocycles. The molecule has 21 heavy (non-hydrogen) atoms. The van der Waals surface area contributed by atoms with Crippen LogP contribution in [0.15, 0.2) is 54.6 Å². The summed E-state index contributed by atoms with van der Waals surface area (Å²) in [6.45, 7) is 2.50. The zero-order valence-electron chi connectivity index (χ0n) is 12.5. The molecule has 0 saturated carbocycles. The number of rotatable bonds is 3. The molecule has 3 nitrogen and oxygen atoms in total. The Balaban J connectivity index is 1.77. The van der Waals surface area contributed by atoms with Crippen molar-refractivity contribution in [1.82, 2.24) is 0 Å². The van der Waals surface area contributed by atoms with Crippen LogP contribution in [0.25, 0.3) is 0 Å². The first-order valence-electron chi connectivity index (χ1n) is 7.33. The second kappa shape index (κ2) is 5.60. The number of hydrogen-bond donors (Lipinski definition) is 0. The second-order valence-electron chi connectivity index (χ2n) is 5.64. The van der Waals surface area contributed by atoms with Crippen LogP contribution in [-0.2, 0) is 11.2 Å². The minimum Gasteiger partial charge on any atom is -0.365 e. The third kappa shape index (κ3) is 2.64. The monoisotopic (exact) mass is 280 g/mol. The van der Waals surface area contributed by atoms with Gasteiger partial charge in [0.1, 0.15) is 0 Å². The van der Waals surface area contributed by atoms with Crippen LogP contribution < -0.4 is 9.80 Å². The maximum absolute atomic E-state index is 12.7. The lowest BCUT2D eigenvalue weighted by Gasteiger charge is -2.26. The van der Waals surface area contributed by atoms with E-state index in [0.29, 0.717) is 6.54 Å². The number of hydrogen-bond acceptors (Lipinski definition) is 2. The van der Waals surface area contributed by atoms with Gasteiger partial charge >= 0.3 is 0 Å². The van der Waals surface area contributed by atoms with Crippen molar-refractivity contribution < 1.29 is 4.79 Å². The Labute approximate surface area is 125 Å². The predicted molar refractivity (Wildman–Crippen MR) is 86.8 cm³/mol. The fourth-order valence-corrected chi connectivity index (χ4v) is 3.00. The number of nitrogens with zero attached hydrogens (tertiary/aromatic N) is 2. The van der Waals surface area contributed by atoms with Gasteiger partial charge in [0.05, 0.1) is 6.54 Å². The van der Waals surface area contributed by atoms with Crippen molar-refractivity contribution in [1.29, 1.82) is 0 Å². The van der Waals surface area contributed by atoms with Gasteiger partial charge < -0.3 is 9.80 Å². The molecule has 0 unspecified atom stereocenters. The number of carbonyl (C=O) groups excluding carboxylic acids is 1. The van der Waals surface area contributed by atoms with Gasteiger partial charge in [-0.05, 0) is 37.1 Å². The lowest BCUT2D eigenvalue weighted by atomic mass is 10.1. The largest absolute Gasteiger partial charge is 0.365 e. The van der Waals surface area contributed by atoms with Gasteiger partial charge in [-0.25, -0.2) is 0 Å². The van der Waals surface area contributed by atoms with Crippen molar-refractivity contribution in [2.45, 2.75) is 19.4 Å². The van der Waals surface area contributed by atoms with Crippen molar-refractivity contribution in [3.63, 3.8) is 0 Å². The van der Waals surface area contributed by atoms with Crippen LogP contribution in [-0.4, -0.2) is 25.5 Å². The first-order valence-corrected chi connectivity index (χ1v) is 7.33. The van der Waals surface area contributed by atoms with E-state index in [-0.39, 0.29) is 11.9 Å². The number of para-hydroxylation sites is 2. The maximum Gasteiger partial charge on any atom is 0.246 e. The Hall–Kier alpha value is -2.29. The third-order valence-corrected chi connectivity index (χ3v) is 4.05. The van der Waals surface area contributed by atoms with Crippen LogP contribution in [0.2, 0.25) is 0 Å². The second-order valence-corrected chi connectivity index (χ2v) is 5.64. The molecular weight excluding hydrogens is 260 g/mol. The van der Waals surface area contributed by atoms with E-state index < -0.39 is 0 Å². The number of carbonyl (C=O) groups is 1. The first-order chi connectivity index (χ1) is 10.2. The molecule has 1 atom stereocenters. The number of fused-ring (bicyclic) bond motifs is 1. The predicted octanol–water partition coefficient (Wildman–Crippen LogP) is 3.10. The van der Waals surface area contributed by atoms with E-state index >= 15 is 0 Å². The summed E-state index contributed by atoms with van der Waals surface area (Å²) in [7, 11) is 1.96. The van der Waals surface area contributed by atoms with Crippen molar-refractivity contribution in [3.05, 3.63) is 60.2 Å². The zero-order valence-corrected chi connectivity index (χ0v) is 12.5. The lowest BCUT2D eigenvalue weighted by molar-refractivity contribution is -0.117. The average molecular weight is 280 g/mol. The van der Waals surface area contributed by atoms with Crippen molar-refractivity contribution >= 4 is 17.3 Å². The Morgan fingerprint density at radius 2 is 1.81 bits per heavy atom. The summed E-state index contributed by atoms with van der Waals surface area (Å²) in [6, 6.07) is 18.4. The molecule has 3 heteroatoms. The Kier molecular flexibility index (Phi) is 3.65. The van der Waals surface area contributed by atoms with E-state index in [1.807, 2.05) is 65.4 Å². The summed E-state index contributed by atoms with van der Waals surface area (Å²) in [4.78, 5) is 16.6. The minimum absolute atomic E-state index is 0.152. The van der Waals surface area contributed by atoms with Gasteiger partial charge in [-0.15, -0.1) is 0 Å². The van der Waals surface area contributed by atoms with Gasteiger partial charge in [0.15, 0.2) is 0 Å². The highest BCUT2D eigenvalue weighted by Gasteiger charge is 2.30. The molecule has 0 N–H and O–H groups in total. The summed E-state index contributed by atoms with van der Waals surface area (Å²) >= 11 is 0. The van der Waals surface area contributed by atoms with E-state index in [4.69, 9.17) is 0 Å². The van der Waals surface area contributed by atoms with Gasteiger partial charge in [-0.1, -0.05) is 36.4 Å². The molecule has 1 aliphatic heterocycles. The highest BCUT2D eigenvalue weighted by molar-refractivity contribution is 5.98. The van der Waals surface area contributed by atoms with E-state index in [9.17, 15) is 4.79 Å². The normalized spacial score (nSPS) is 16.7. The molecule has 1 amide bonds. The van der Waals surface area contributed by atoms with Crippen LogP contribution >= 0.6 is 0 Å². The quantitative estimate of drug-likeness (QED) is 0.862. The standard InChI is InChI=1S/C18H20N2O/c1-14-12-15-8-6-7-11-17(15)20(14)18(21)13-19(2)16-9-4-3-5-10-16/h3-11,14H,12-13H2,1-2H3/t14-/m1/s1. The van der Waals surface area contributed by atoms with Gasteiger partial charge in [0.2, 0.25) is 5.91 Å². The van der Waals surface area contributed by atoms with Crippen LogP contribution in [0.3, 0.4) is 0 Å². The Morgan fingerprint density at radius 3 is 2.57 bits per heavy atom. The van der Waals surface area contributed by atoms with Crippen molar-refractivity contribution in [3.8, 4) is 0 Å². The number of likely N-dealkylation sites (N-methyl/N-ethyl adjacent to an activating group) is 1. The summed E-state index contributed by atoms with van der Waals surface area (Å²) < 4.78 is 0. The third-order valence-electron chi connectivity index (χ3n) is 4.05. The van der Waals surface area contributed by atoms with Crippen LogP contribution in [0.1, 0.15) is 12.5 Å². The molecular formula is C18H20N2O. The van der Waals surface area contributed by atoms with E-state index in [1.165, 1.54) is 5.56 Å². The molecule has 3 rings (SSSR count). The van der Waals surface area contributed by atoms with Crippen molar-refractivity contribution in [2.24, 2.45) is 0 Å². The van der Waals surface area contributed by atoms with Crippen LogP contribution in [0, 0.1) is 0 Å². The Morgan fingerprint density at radius 1 is 1.14 bits per heavy atom. The van der Waals surface area contributed by atoms with Gasteiger partial charge in [0, 0.05) is 24.5 Å². The molecule has 0 fully saturated rings. The summed E-state index contributed by atoms with van der Waals surface area (Å²) in [5, 5.41) is 0. The topological polar surface area (TPSA) is 23.6 Å². The molecule has 1 aliphatic rings. The van der Waals surface area contributed by atoms with E-state index in [0.717, 1.165) is 17.8 Å². The van der Waals surface area contributed by atoms with Crippen LogP contribution in [0.5, 0.6) is 0 Å². The van der Waals surface area contributed by atoms with Crippen molar-refractivity contribution in [2.75, 3.05) is 23.4 Å². The van der Waals surface area contributed by atoms with E-state index in [2.05, 4.69) is 13.0 Å². The first kappa shape index (κ1) is 13.7. The number of anilines is 2. The Bertz CT molecular complexity index is 639. The van der Waals surface area contributed by atoms with Crippen LogP contribution in [0.4, 0.5) is 11.4 Å².